The molecule has 0 N–H and O–H groups in total. The molecule has 1 aromatic carbocycles. The second kappa shape index (κ2) is 5.83. The highest BCUT2D eigenvalue weighted by Gasteiger charge is 2.13. The Morgan fingerprint density at radius 3 is 2.35 bits per heavy atom. The number of hydrogen-bond donors (Lipinski definition) is 0. The molecule has 2 rings (SSSR count). The standard InChI is InChI=1S/C18H19NO/c1-18(2,3)16-9-7-15(8-10-16)17(20)11-6-14-5-4-12-19-13-14/h4-13H,1-3H3/b11-6+. The third-order valence-corrected chi connectivity index (χ3v) is 3.15. The number of hydrogen-bond acceptors (Lipinski definition) is 2. The minimum Gasteiger partial charge on any atom is -0.289 e. The van der Waals surface area contributed by atoms with E-state index in [1.165, 1.54) is 5.56 Å². The second-order valence-corrected chi connectivity index (χ2v) is 5.81. The van der Waals surface area contributed by atoms with Gasteiger partial charge in [-0.25, -0.2) is 0 Å². The number of ketones is 1. The van der Waals surface area contributed by atoms with Gasteiger partial charge in [0.05, 0.1) is 0 Å². The molecule has 102 valence electrons. The lowest BCUT2D eigenvalue weighted by atomic mass is 9.86. The van der Waals surface area contributed by atoms with Crippen molar-refractivity contribution >= 4 is 11.9 Å². The maximum absolute atomic E-state index is 12.1. The number of rotatable bonds is 3. The maximum Gasteiger partial charge on any atom is 0.185 e. The maximum atomic E-state index is 12.1. The van der Waals surface area contributed by atoms with E-state index in [2.05, 4.69) is 25.8 Å². The molecule has 0 saturated heterocycles. The van der Waals surface area contributed by atoms with Crippen molar-refractivity contribution in [1.82, 2.24) is 4.98 Å². The van der Waals surface area contributed by atoms with E-state index in [0.29, 0.717) is 5.56 Å². The van der Waals surface area contributed by atoms with E-state index < -0.39 is 0 Å². The average Bonchev–Trinajstić information content (AvgIpc) is 2.45. The molecule has 0 aliphatic carbocycles. The Kier molecular flexibility index (Phi) is 4.14. The van der Waals surface area contributed by atoms with E-state index in [0.717, 1.165) is 5.56 Å². The van der Waals surface area contributed by atoms with Crippen LogP contribution in [0, 0.1) is 0 Å². The average molecular weight is 265 g/mol. The van der Waals surface area contributed by atoms with Crippen LogP contribution >= 0.6 is 0 Å². The highest BCUT2D eigenvalue weighted by Crippen LogP contribution is 2.22. The van der Waals surface area contributed by atoms with Crippen molar-refractivity contribution in [3.05, 3.63) is 71.6 Å². The van der Waals surface area contributed by atoms with E-state index in [4.69, 9.17) is 0 Å². The fraction of sp³-hybridized carbons (Fsp3) is 0.222. The van der Waals surface area contributed by atoms with E-state index >= 15 is 0 Å². The van der Waals surface area contributed by atoms with Gasteiger partial charge in [-0.1, -0.05) is 51.1 Å². The van der Waals surface area contributed by atoms with Crippen LogP contribution in [0.1, 0.15) is 42.3 Å². The van der Waals surface area contributed by atoms with E-state index in [9.17, 15) is 4.79 Å². The van der Waals surface area contributed by atoms with E-state index in [1.54, 1.807) is 24.5 Å². The Morgan fingerprint density at radius 2 is 1.80 bits per heavy atom. The minimum atomic E-state index is 0.00862. The quantitative estimate of drug-likeness (QED) is 0.612. The first kappa shape index (κ1) is 14.2. The highest BCUT2D eigenvalue weighted by atomic mass is 16.1. The Labute approximate surface area is 120 Å². The van der Waals surface area contributed by atoms with Gasteiger partial charge in [-0.05, 0) is 34.8 Å². The summed E-state index contributed by atoms with van der Waals surface area (Å²) in [6, 6.07) is 11.6. The van der Waals surface area contributed by atoms with Crippen molar-refractivity contribution in [3.8, 4) is 0 Å². The molecule has 1 heterocycles. The van der Waals surface area contributed by atoms with Crippen molar-refractivity contribution in [2.24, 2.45) is 0 Å². The fourth-order valence-electron chi connectivity index (χ4n) is 1.88. The first-order chi connectivity index (χ1) is 9.47. The van der Waals surface area contributed by atoms with Crippen LogP contribution in [-0.2, 0) is 5.41 Å². The lowest BCUT2D eigenvalue weighted by Crippen LogP contribution is -2.11. The molecule has 0 radical (unpaired) electrons. The summed E-state index contributed by atoms with van der Waals surface area (Å²) in [5.41, 5.74) is 2.96. The van der Waals surface area contributed by atoms with Gasteiger partial charge in [0, 0.05) is 18.0 Å². The fourth-order valence-corrected chi connectivity index (χ4v) is 1.88. The third kappa shape index (κ3) is 3.64. The topological polar surface area (TPSA) is 30.0 Å². The molecule has 0 fully saturated rings. The van der Waals surface area contributed by atoms with Crippen LogP contribution in [-0.4, -0.2) is 10.8 Å². The van der Waals surface area contributed by atoms with Crippen LogP contribution in [0.2, 0.25) is 0 Å². The van der Waals surface area contributed by atoms with Crippen molar-refractivity contribution in [1.29, 1.82) is 0 Å². The first-order valence-corrected chi connectivity index (χ1v) is 6.70. The predicted octanol–water partition coefficient (Wildman–Crippen LogP) is 4.28. The molecule has 0 aliphatic heterocycles. The van der Waals surface area contributed by atoms with Crippen LogP contribution in [0.25, 0.3) is 6.08 Å². The molecule has 0 bridgehead atoms. The number of nitrogens with zero attached hydrogens (tertiary/aromatic N) is 1. The van der Waals surface area contributed by atoms with Gasteiger partial charge in [-0.2, -0.15) is 0 Å². The van der Waals surface area contributed by atoms with Crippen LogP contribution in [0.15, 0.2) is 54.9 Å². The molecule has 1 aromatic heterocycles. The van der Waals surface area contributed by atoms with E-state index in [1.807, 2.05) is 36.4 Å². The SMILES string of the molecule is CC(C)(C)c1ccc(C(=O)/C=C/c2cccnc2)cc1. The van der Waals surface area contributed by atoms with Gasteiger partial charge in [0.25, 0.3) is 0 Å². The number of carbonyl (C=O) groups excluding carboxylic acids is 1. The molecular weight excluding hydrogens is 246 g/mol. The summed E-state index contributed by atoms with van der Waals surface area (Å²) >= 11 is 0. The molecule has 20 heavy (non-hydrogen) atoms. The zero-order valence-corrected chi connectivity index (χ0v) is 12.1. The summed E-state index contributed by atoms with van der Waals surface area (Å²) in [7, 11) is 0. The van der Waals surface area contributed by atoms with Gasteiger partial charge < -0.3 is 0 Å². The Bertz CT molecular complexity index is 604. The number of pyridine rings is 1. The zero-order valence-electron chi connectivity index (χ0n) is 12.1. The molecule has 0 aliphatic rings. The Balaban J connectivity index is 2.12. The smallest absolute Gasteiger partial charge is 0.185 e. The number of carbonyl (C=O) groups is 1. The van der Waals surface area contributed by atoms with Crippen LogP contribution in [0.3, 0.4) is 0 Å². The van der Waals surface area contributed by atoms with Crippen molar-refractivity contribution in [2.45, 2.75) is 26.2 Å². The normalized spacial score (nSPS) is 11.8. The van der Waals surface area contributed by atoms with Gasteiger partial charge in [0.15, 0.2) is 5.78 Å². The van der Waals surface area contributed by atoms with Gasteiger partial charge in [0.2, 0.25) is 0 Å². The molecule has 2 heteroatoms. The number of allylic oxidation sites excluding steroid dienone is 1. The lowest BCUT2D eigenvalue weighted by molar-refractivity contribution is 0.104. The van der Waals surface area contributed by atoms with Crippen LogP contribution < -0.4 is 0 Å². The Morgan fingerprint density at radius 1 is 1.10 bits per heavy atom. The van der Waals surface area contributed by atoms with Crippen molar-refractivity contribution < 1.29 is 4.79 Å². The van der Waals surface area contributed by atoms with Gasteiger partial charge in [0.1, 0.15) is 0 Å². The molecule has 0 spiro atoms. The second-order valence-electron chi connectivity index (χ2n) is 5.81. The van der Waals surface area contributed by atoms with Crippen LogP contribution in [0.5, 0.6) is 0 Å². The highest BCUT2D eigenvalue weighted by molar-refractivity contribution is 6.06. The van der Waals surface area contributed by atoms with Crippen LogP contribution in [0.4, 0.5) is 0 Å². The summed E-state index contributed by atoms with van der Waals surface area (Å²) in [6.45, 7) is 6.48. The third-order valence-electron chi connectivity index (χ3n) is 3.15. The summed E-state index contributed by atoms with van der Waals surface area (Å²) < 4.78 is 0. The summed E-state index contributed by atoms with van der Waals surface area (Å²) in [6.07, 6.45) is 6.81. The van der Waals surface area contributed by atoms with Crippen molar-refractivity contribution in [2.75, 3.05) is 0 Å². The van der Waals surface area contributed by atoms with Gasteiger partial charge >= 0.3 is 0 Å². The molecular formula is C18H19NO. The minimum absolute atomic E-state index is 0.00862. The number of aromatic nitrogens is 1. The predicted molar refractivity (Wildman–Crippen MR) is 82.7 cm³/mol. The largest absolute Gasteiger partial charge is 0.289 e. The molecule has 2 aromatic rings. The van der Waals surface area contributed by atoms with E-state index in [-0.39, 0.29) is 11.2 Å². The Hall–Kier alpha value is -2.22. The molecule has 2 nitrogen and oxygen atoms in total. The zero-order chi connectivity index (χ0) is 14.6. The monoisotopic (exact) mass is 265 g/mol. The lowest BCUT2D eigenvalue weighted by Gasteiger charge is -2.18. The van der Waals surface area contributed by atoms with Gasteiger partial charge in [-0.3, -0.25) is 9.78 Å². The molecule has 0 unspecified atom stereocenters. The first-order valence-electron chi connectivity index (χ1n) is 6.70. The molecule has 0 amide bonds. The molecule has 0 saturated carbocycles. The molecule has 0 atom stereocenters. The van der Waals surface area contributed by atoms with Gasteiger partial charge in [-0.15, -0.1) is 0 Å². The van der Waals surface area contributed by atoms with Crippen molar-refractivity contribution in [3.63, 3.8) is 0 Å². The summed E-state index contributed by atoms with van der Waals surface area (Å²) in [4.78, 5) is 16.1. The summed E-state index contributed by atoms with van der Waals surface area (Å²) in [5, 5.41) is 0. The number of benzene rings is 1. The summed E-state index contributed by atoms with van der Waals surface area (Å²) in [5.74, 6) is 0.00862.